The van der Waals surface area contributed by atoms with Crippen LogP contribution in [0.2, 0.25) is 0 Å². The van der Waals surface area contributed by atoms with Gasteiger partial charge in [0.25, 0.3) is 0 Å². The molecule has 0 saturated carbocycles. The standard InChI is InChI=1S/C6H7NO4S2/c1-3-2-4(13(7,10)11)12-5(3)6(8)9/h2H,1H3,(H,8,9)(H2,7,10,11). The van der Waals surface area contributed by atoms with Crippen molar-refractivity contribution in [3.63, 3.8) is 0 Å². The second-order valence-corrected chi connectivity index (χ2v) is 5.27. The van der Waals surface area contributed by atoms with Gasteiger partial charge in [-0.15, -0.1) is 11.3 Å². The van der Waals surface area contributed by atoms with E-state index in [0.717, 1.165) is 0 Å². The van der Waals surface area contributed by atoms with Crippen LogP contribution < -0.4 is 5.14 Å². The van der Waals surface area contributed by atoms with Crippen LogP contribution in [0.3, 0.4) is 0 Å². The summed E-state index contributed by atoms with van der Waals surface area (Å²) in [7, 11) is -3.78. The first kappa shape index (κ1) is 10.2. The zero-order valence-electron chi connectivity index (χ0n) is 6.64. The molecule has 1 rings (SSSR count). The maximum atomic E-state index is 10.8. The van der Waals surface area contributed by atoms with E-state index >= 15 is 0 Å². The number of thiophene rings is 1. The third-order valence-corrected chi connectivity index (χ3v) is 4.02. The normalized spacial score (nSPS) is 11.5. The average Bonchev–Trinajstić information content (AvgIpc) is 2.29. The van der Waals surface area contributed by atoms with Crippen LogP contribution in [-0.2, 0) is 10.0 Å². The molecule has 1 aromatic heterocycles. The molecule has 0 aliphatic rings. The lowest BCUT2D eigenvalue weighted by atomic mass is 10.3. The number of aryl methyl sites for hydroxylation is 1. The number of nitrogens with two attached hydrogens (primary N) is 1. The molecule has 0 spiro atoms. The molecule has 0 radical (unpaired) electrons. The Morgan fingerprint density at radius 1 is 1.62 bits per heavy atom. The molecule has 0 atom stereocenters. The highest BCUT2D eigenvalue weighted by atomic mass is 32.2. The van der Waals surface area contributed by atoms with Gasteiger partial charge in [0.15, 0.2) is 0 Å². The minimum Gasteiger partial charge on any atom is -0.477 e. The maximum absolute atomic E-state index is 10.8. The third-order valence-electron chi connectivity index (χ3n) is 1.37. The molecule has 0 saturated heterocycles. The first-order valence-electron chi connectivity index (χ1n) is 3.19. The van der Waals surface area contributed by atoms with E-state index in [-0.39, 0.29) is 9.09 Å². The van der Waals surface area contributed by atoms with Crippen molar-refractivity contribution < 1.29 is 18.3 Å². The van der Waals surface area contributed by atoms with Crippen LogP contribution in [-0.4, -0.2) is 19.5 Å². The van der Waals surface area contributed by atoms with Crippen molar-refractivity contribution in [2.45, 2.75) is 11.1 Å². The van der Waals surface area contributed by atoms with E-state index in [1.165, 1.54) is 13.0 Å². The fourth-order valence-corrected chi connectivity index (χ4v) is 2.61. The van der Waals surface area contributed by atoms with E-state index in [1.807, 2.05) is 0 Å². The van der Waals surface area contributed by atoms with Crippen LogP contribution in [0, 0.1) is 6.92 Å². The number of hydrogen-bond acceptors (Lipinski definition) is 4. The van der Waals surface area contributed by atoms with Crippen LogP contribution >= 0.6 is 11.3 Å². The number of primary sulfonamides is 1. The second kappa shape index (κ2) is 3.09. The van der Waals surface area contributed by atoms with E-state index in [4.69, 9.17) is 10.2 Å². The van der Waals surface area contributed by atoms with Gasteiger partial charge in [-0.2, -0.15) is 0 Å². The molecule has 1 aromatic rings. The van der Waals surface area contributed by atoms with Gasteiger partial charge in [0.2, 0.25) is 10.0 Å². The van der Waals surface area contributed by atoms with Gasteiger partial charge in [-0.3, -0.25) is 0 Å². The van der Waals surface area contributed by atoms with Crippen molar-refractivity contribution in [3.8, 4) is 0 Å². The zero-order valence-corrected chi connectivity index (χ0v) is 8.28. The van der Waals surface area contributed by atoms with Crippen LogP contribution in [0.15, 0.2) is 10.3 Å². The van der Waals surface area contributed by atoms with Gasteiger partial charge in [-0.05, 0) is 18.6 Å². The molecule has 5 nitrogen and oxygen atoms in total. The molecule has 0 aliphatic heterocycles. The molecular weight excluding hydrogens is 214 g/mol. The van der Waals surface area contributed by atoms with Crippen LogP contribution in [0.25, 0.3) is 0 Å². The summed E-state index contributed by atoms with van der Waals surface area (Å²) < 4.78 is 21.5. The van der Waals surface area contributed by atoms with Crippen molar-refractivity contribution in [3.05, 3.63) is 16.5 Å². The molecule has 72 valence electrons. The van der Waals surface area contributed by atoms with E-state index in [0.29, 0.717) is 16.9 Å². The first-order valence-corrected chi connectivity index (χ1v) is 5.55. The van der Waals surface area contributed by atoms with Crippen LogP contribution in [0.4, 0.5) is 0 Å². The van der Waals surface area contributed by atoms with Crippen molar-refractivity contribution in [1.29, 1.82) is 0 Å². The fourth-order valence-electron chi connectivity index (χ4n) is 0.805. The molecule has 0 amide bonds. The Balaban J connectivity index is 3.33. The Morgan fingerprint density at radius 2 is 2.15 bits per heavy atom. The Morgan fingerprint density at radius 3 is 2.38 bits per heavy atom. The smallest absolute Gasteiger partial charge is 0.346 e. The van der Waals surface area contributed by atoms with Gasteiger partial charge >= 0.3 is 5.97 Å². The number of hydrogen-bond donors (Lipinski definition) is 2. The van der Waals surface area contributed by atoms with Crippen molar-refractivity contribution >= 4 is 27.3 Å². The molecule has 0 aromatic carbocycles. The van der Waals surface area contributed by atoms with E-state index in [9.17, 15) is 13.2 Å². The lowest BCUT2D eigenvalue weighted by Gasteiger charge is -1.88. The van der Waals surface area contributed by atoms with Gasteiger partial charge in [-0.25, -0.2) is 18.4 Å². The molecule has 0 unspecified atom stereocenters. The largest absolute Gasteiger partial charge is 0.477 e. The van der Waals surface area contributed by atoms with Gasteiger partial charge in [0, 0.05) is 0 Å². The maximum Gasteiger partial charge on any atom is 0.346 e. The lowest BCUT2D eigenvalue weighted by molar-refractivity contribution is 0.0701. The first-order chi connectivity index (χ1) is 5.82. The quantitative estimate of drug-likeness (QED) is 0.755. The summed E-state index contributed by atoms with van der Waals surface area (Å²) in [6.45, 7) is 1.52. The number of carboxylic acid groups (broad SMARTS) is 1. The highest BCUT2D eigenvalue weighted by Gasteiger charge is 2.17. The summed E-state index contributed by atoms with van der Waals surface area (Å²) >= 11 is 0.662. The summed E-state index contributed by atoms with van der Waals surface area (Å²) in [5.74, 6) is -1.14. The summed E-state index contributed by atoms with van der Waals surface area (Å²) in [6.07, 6.45) is 0. The van der Waals surface area contributed by atoms with Gasteiger partial charge < -0.3 is 5.11 Å². The van der Waals surface area contributed by atoms with Crippen molar-refractivity contribution in [2.75, 3.05) is 0 Å². The second-order valence-electron chi connectivity index (χ2n) is 2.43. The molecule has 0 bridgehead atoms. The Hall–Kier alpha value is -0.920. The number of carboxylic acids is 1. The van der Waals surface area contributed by atoms with Crippen molar-refractivity contribution in [1.82, 2.24) is 0 Å². The summed E-state index contributed by atoms with van der Waals surface area (Å²) in [5.41, 5.74) is 0.404. The minimum atomic E-state index is -3.78. The zero-order chi connectivity index (χ0) is 10.2. The monoisotopic (exact) mass is 221 g/mol. The summed E-state index contributed by atoms with van der Waals surface area (Å²) in [6, 6.07) is 1.25. The van der Waals surface area contributed by atoms with E-state index in [1.54, 1.807) is 0 Å². The molecule has 1 heterocycles. The molecular formula is C6H7NO4S2. The molecule has 13 heavy (non-hydrogen) atoms. The SMILES string of the molecule is Cc1cc(S(N)(=O)=O)sc1C(=O)O. The topological polar surface area (TPSA) is 97.5 Å². The number of rotatable bonds is 2. The summed E-state index contributed by atoms with van der Waals surface area (Å²) in [5, 5.41) is 13.4. The third kappa shape index (κ3) is 2.06. The average molecular weight is 221 g/mol. The Kier molecular flexibility index (Phi) is 2.42. The Bertz CT molecular complexity index is 445. The predicted octanol–water partition coefficient (Wildman–Crippen LogP) is 0.402. The lowest BCUT2D eigenvalue weighted by Crippen LogP contribution is -2.09. The number of aromatic carboxylic acids is 1. The molecule has 0 aliphatic carbocycles. The highest BCUT2D eigenvalue weighted by Crippen LogP contribution is 2.24. The van der Waals surface area contributed by atoms with E-state index in [2.05, 4.69) is 0 Å². The highest BCUT2D eigenvalue weighted by molar-refractivity contribution is 7.91. The minimum absolute atomic E-state index is 0.00373. The molecule has 0 fully saturated rings. The van der Waals surface area contributed by atoms with Gasteiger partial charge in [0.05, 0.1) is 0 Å². The molecule has 7 heteroatoms. The van der Waals surface area contributed by atoms with Crippen molar-refractivity contribution in [2.24, 2.45) is 5.14 Å². The van der Waals surface area contributed by atoms with Gasteiger partial charge in [-0.1, -0.05) is 0 Å². The van der Waals surface area contributed by atoms with E-state index < -0.39 is 16.0 Å². The fraction of sp³-hybridized carbons (Fsp3) is 0.167. The summed E-state index contributed by atoms with van der Waals surface area (Å²) in [4.78, 5) is 10.5. The number of sulfonamides is 1. The Labute approximate surface area is 78.9 Å². The predicted molar refractivity (Wildman–Crippen MR) is 47.4 cm³/mol. The molecule has 3 N–H and O–H groups in total. The van der Waals surface area contributed by atoms with Gasteiger partial charge in [0.1, 0.15) is 9.09 Å². The number of carbonyl (C=O) groups is 1. The van der Waals surface area contributed by atoms with Crippen LogP contribution in [0.5, 0.6) is 0 Å². The van der Waals surface area contributed by atoms with Crippen LogP contribution in [0.1, 0.15) is 15.2 Å².